The van der Waals surface area contributed by atoms with Gasteiger partial charge in [-0.3, -0.25) is 4.79 Å². The fraction of sp³-hybridized carbons (Fsp3) is 0.300. The minimum absolute atomic E-state index is 0.396. The highest BCUT2D eigenvalue weighted by Gasteiger charge is 2.15. The van der Waals surface area contributed by atoms with E-state index in [9.17, 15) is 4.79 Å². The van der Waals surface area contributed by atoms with E-state index in [-0.39, 0.29) is 0 Å². The SMILES string of the molecule is CC(SCc1nnc(-c2ccc(Br)s2)o1)C(=O)O. The van der Waals surface area contributed by atoms with Crippen LogP contribution in [-0.4, -0.2) is 26.5 Å². The van der Waals surface area contributed by atoms with E-state index >= 15 is 0 Å². The quantitative estimate of drug-likeness (QED) is 0.893. The van der Waals surface area contributed by atoms with Crippen LogP contribution in [0.2, 0.25) is 0 Å². The van der Waals surface area contributed by atoms with Crippen molar-refractivity contribution >= 4 is 45.0 Å². The third-order valence-corrected chi connectivity index (χ3v) is 4.78. The first kappa shape index (κ1) is 13.6. The molecule has 8 heteroatoms. The summed E-state index contributed by atoms with van der Waals surface area (Å²) < 4.78 is 6.46. The van der Waals surface area contributed by atoms with Crippen LogP contribution in [0.5, 0.6) is 0 Å². The number of hydrogen-bond donors (Lipinski definition) is 1. The maximum absolute atomic E-state index is 10.7. The summed E-state index contributed by atoms with van der Waals surface area (Å²) in [6.45, 7) is 1.63. The molecule has 96 valence electrons. The molecule has 2 rings (SSSR count). The van der Waals surface area contributed by atoms with E-state index in [0.717, 1.165) is 8.66 Å². The van der Waals surface area contributed by atoms with Gasteiger partial charge in [0.05, 0.1) is 19.7 Å². The highest BCUT2D eigenvalue weighted by atomic mass is 79.9. The van der Waals surface area contributed by atoms with Gasteiger partial charge in [-0.2, -0.15) is 0 Å². The number of rotatable bonds is 5. The zero-order chi connectivity index (χ0) is 13.1. The number of nitrogens with zero attached hydrogens (tertiary/aromatic N) is 2. The second kappa shape index (κ2) is 5.85. The Labute approximate surface area is 120 Å². The average molecular weight is 349 g/mol. The maximum atomic E-state index is 10.7. The van der Waals surface area contributed by atoms with Crippen molar-refractivity contribution in [2.45, 2.75) is 17.9 Å². The number of carboxylic acids is 1. The third kappa shape index (κ3) is 3.33. The highest BCUT2D eigenvalue weighted by Crippen LogP contribution is 2.30. The monoisotopic (exact) mass is 348 g/mol. The maximum Gasteiger partial charge on any atom is 0.316 e. The number of halogens is 1. The molecule has 5 nitrogen and oxygen atoms in total. The fourth-order valence-corrected chi connectivity index (χ4v) is 3.07. The summed E-state index contributed by atoms with van der Waals surface area (Å²) in [4.78, 5) is 11.5. The Bertz CT molecular complexity index is 555. The van der Waals surface area contributed by atoms with E-state index in [4.69, 9.17) is 9.52 Å². The van der Waals surface area contributed by atoms with E-state index in [1.54, 1.807) is 6.92 Å². The lowest BCUT2D eigenvalue weighted by molar-refractivity contribution is -0.136. The van der Waals surface area contributed by atoms with Crippen molar-refractivity contribution in [3.05, 3.63) is 21.8 Å². The molecule has 1 unspecified atom stereocenters. The Morgan fingerprint density at radius 1 is 1.61 bits per heavy atom. The number of aromatic nitrogens is 2. The minimum atomic E-state index is -0.845. The Morgan fingerprint density at radius 3 is 3.00 bits per heavy atom. The molecule has 2 aromatic rings. The molecule has 0 aromatic carbocycles. The molecule has 0 saturated carbocycles. The molecule has 0 aliphatic carbocycles. The van der Waals surface area contributed by atoms with Crippen molar-refractivity contribution in [1.29, 1.82) is 0 Å². The number of carbonyl (C=O) groups is 1. The van der Waals surface area contributed by atoms with Gasteiger partial charge in [-0.1, -0.05) is 0 Å². The number of thioether (sulfide) groups is 1. The van der Waals surface area contributed by atoms with Gasteiger partial charge in [0.2, 0.25) is 5.89 Å². The molecule has 0 fully saturated rings. The van der Waals surface area contributed by atoms with Crippen molar-refractivity contribution in [1.82, 2.24) is 10.2 Å². The highest BCUT2D eigenvalue weighted by molar-refractivity contribution is 9.11. The van der Waals surface area contributed by atoms with Crippen molar-refractivity contribution < 1.29 is 14.3 Å². The molecule has 0 aliphatic heterocycles. The van der Waals surface area contributed by atoms with E-state index in [1.807, 2.05) is 12.1 Å². The van der Waals surface area contributed by atoms with Crippen molar-refractivity contribution in [2.75, 3.05) is 0 Å². The van der Waals surface area contributed by atoms with Crippen LogP contribution in [0.25, 0.3) is 10.8 Å². The molecular weight excluding hydrogens is 340 g/mol. The number of aliphatic carboxylic acids is 1. The van der Waals surface area contributed by atoms with Gasteiger partial charge >= 0.3 is 5.97 Å². The van der Waals surface area contributed by atoms with Gasteiger partial charge in [0.15, 0.2) is 0 Å². The van der Waals surface area contributed by atoms with Gasteiger partial charge in [0.25, 0.3) is 5.89 Å². The summed E-state index contributed by atoms with van der Waals surface area (Å²) in [7, 11) is 0. The Balaban J connectivity index is 2.00. The first-order chi connectivity index (χ1) is 8.56. The van der Waals surface area contributed by atoms with Crippen LogP contribution in [0.1, 0.15) is 12.8 Å². The molecule has 0 aliphatic rings. The van der Waals surface area contributed by atoms with Crippen molar-refractivity contribution in [2.24, 2.45) is 0 Å². The predicted octanol–water partition coefficient (Wildman–Crippen LogP) is 3.27. The summed E-state index contributed by atoms with van der Waals surface area (Å²) in [6, 6.07) is 3.80. The Morgan fingerprint density at radius 2 is 2.39 bits per heavy atom. The van der Waals surface area contributed by atoms with Gasteiger partial charge in [-0.25, -0.2) is 0 Å². The van der Waals surface area contributed by atoms with Crippen molar-refractivity contribution in [3.8, 4) is 10.8 Å². The normalized spacial score (nSPS) is 12.6. The lowest BCUT2D eigenvalue weighted by Gasteiger charge is -2.01. The van der Waals surface area contributed by atoms with Crippen LogP contribution in [0, 0.1) is 0 Å². The molecule has 0 amide bonds. The van der Waals surface area contributed by atoms with Gasteiger partial charge in [0, 0.05) is 0 Å². The zero-order valence-electron chi connectivity index (χ0n) is 9.29. The van der Waals surface area contributed by atoms with Gasteiger partial charge in [-0.15, -0.1) is 33.3 Å². The minimum Gasteiger partial charge on any atom is -0.480 e. The van der Waals surface area contributed by atoms with Crippen LogP contribution < -0.4 is 0 Å². The van der Waals surface area contributed by atoms with Gasteiger partial charge in [-0.05, 0) is 35.0 Å². The first-order valence-corrected chi connectivity index (χ1v) is 7.64. The van der Waals surface area contributed by atoms with Gasteiger partial charge in [0.1, 0.15) is 0 Å². The summed E-state index contributed by atoms with van der Waals surface area (Å²) in [5.41, 5.74) is 0. The summed E-state index contributed by atoms with van der Waals surface area (Å²) in [5.74, 6) is 0.450. The van der Waals surface area contributed by atoms with Crippen LogP contribution in [0.3, 0.4) is 0 Å². The number of carboxylic acid groups (broad SMARTS) is 1. The molecule has 18 heavy (non-hydrogen) atoms. The second-order valence-corrected chi connectivity index (χ2v) is 7.19. The number of thiophene rings is 1. The molecular formula is C10H9BrN2O3S2. The fourth-order valence-electron chi connectivity index (χ4n) is 1.11. The zero-order valence-corrected chi connectivity index (χ0v) is 12.5. The van der Waals surface area contributed by atoms with E-state index < -0.39 is 11.2 Å². The largest absolute Gasteiger partial charge is 0.480 e. The topological polar surface area (TPSA) is 76.2 Å². The number of hydrogen-bond acceptors (Lipinski definition) is 6. The predicted molar refractivity (Wildman–Crippen MR) is 73.7 cm³/mol. The van der Waals surface area contributed by atoms with Crippen molar-refractivity contribution in [3.63, 3.8) is 0 Å². The molecule has 2 aromatic heterocycles. The first-order valence-electron chi connectivity index (χ1n) is 4.99. The van der Waals surface area contributed by atoms with Crippen LogP contribution in [0.4, 0.5) is 0 Å². The lowest BCUT2D eigenvalue weighted by atomic mass is 10.5. The second-order valence-electron chi connectivity index (χ2n) is 3.40. The molecule has 0 radical (unpaired) electrons. The molecule has 0 spiro atoms. The molecule has 0 bridgehead atoms. The van der Waals surface area contributed by atoms with Crippen LogP contribution in [0.15, 0.2) is 20.3 Å². The standard InChI is InChI=1S/C10H9BrN2O3S2/c1-5(10(14)15)17-4-8-12-13-9(16-8)6-2-3-7(11)18-6/h2-3,5H,4H2,1H3,(H,14,15). The third-order valence-electron chi connectivity index (χ3n) is 2.06. The summed E-state index contributed by atoms with van der Waals surface area (Å²) >= 11 is 6.11. The van der Waals surface area contributed by atoms with E-state index in [0.29, 0.717) is 17.5 Å². The van der Waals surface area contributed by atoms with Crippen LogP contribution >= 0.6 is 39.0 Å². The van der Waals surface area contributed by atoms with Gasteiger partial charge < -0.3 is 9.52 Å². The van der Waals surface area contributed by atoms with E-state index in [2.05, 4.69) is 26.1 Å². The molecule has 1 N–H and O–H groups in total. The smallest absolute Gasteiger partial charge is 0.316 e. The molecule has 0 saturated heterocycles. The van der Waals surface area contributed by atoms with E-state index in [1.165, 1.54) is 23.1 Å². The summed E-state index contributed by atoms with van der Waals surface area (Å²) in [5, 5.41) is 16.1. The average Bonchev–Trinajstić information content (AvgIpc) is 2.94. The Hall–Kier alpha value is -0.860. The molecule has 2 heterocycles. The lowest BCUT2D eigenvalue weighted by Crippen LogP contribution is -2.11. The Kier molecular flexibility index (Phi) is 4.41. The molecule has 1 atom stereocenters. The summed E-state index contributed by atoms with van der Waals surface area (Å²) in [6.07, 6.45) is 0. The van der Waals surface area contributed by atoms with Crippen LogP contribution in [-0.2, 0) is 10.5 Å².